The number of nitrogens with zero attached hydrogens (tertiary/aromatic N) is 1. The first-order valence-electron chi connectivity index (χ1n) is 9.55. The number of rotatable bonds is 15. The first-order valence-corrected chi connectivity index (χ1v) is 11.0. The van der Waals surface area contributed by atoms with E-state index < -0.39 is 20.0 Å². The van der Waals surface area contributed by atoms with Crippen LogP contribution in [0.15, 0.2) is 12.2 Å². The van der Waals surface area contributed by atoms with Crippen LogP contribution in [0, 0.1) is 0 Å². The summed E-state index contributed by atoms with van der Waals surface area (Å²) in [6, 6.07) is -0.869. The normalized spacial score (nSPS) is 16.9. The molecule has 0 aromatic heterocycles. The van der Waals surface area contributed by atoms with Gasteiger partial charge in [0, 0.05) is 6.42 Å². The third-order valence-electron chi connectivity index (χ3n) is 3.73. The molecule has 3 unspecified atom stereocenters. The lowest BCUT2D eigenvalue weighted by atomic mass is 10.1. The number of aliphatic hydroxyl groups excluding tert-OH is 1. The fraction of sp³-hybridized carbons (Fsp3) is 0.833. The zero-order chi connectivity index (χ0) is 20.9. The number of allylic oxidation sites excluding steroid dienone is 1. The zero-order valence-electron chi connectivity index (χ0n) is 17.3. The van der Waals surface area contributed by atoms with Crippen molar-refractivity contribution in [2.75, 3.05) is 40.9 Å². The number of phosphoric acid groups is 1. The van der Waals surface area contributed by atoms with Gasteiger partial charge in [0.1, 0.15) is 13.2 Å². The molecule has 3 atom stereocenters. The predicted molar refractivity (Wildman–Crippen MR) is 104 cm³/mol. The summed E-state index contributed by atoms with van der Waals surface area (Å²) in [4.78, 5) is 23.9. The lowest BCUT2D eigenvalue weighted by Gasteiger charge is -2.29. The highest BCUT2D eigenvalue weighted by molar-refractivity contribution is 7.45. The van der Waals surface area contributed by atoms with Gasteiger partial charge in [-0.2, -0.15) is 0 Å². The molecule has 160 valence electrons. The molecule has 0 aliphatic carbocycles. The van der Waals surface area contributed by atoms with Crippen molar-refractivity contribution in [2.24, 2.45) is 0 Å². The highest BCUT2D eigenvalue weighted by atomic mass is 31.2. The molecule has 27 heavy (non-hydrogen) atoms. The Morgan fingerprint density at radius 2 is 1.93 bits per heavy atom. The Morgan fingerprint density at radius 3 is 2.48 bits per heavy atom. The second-order valence-electron chi connectivity index (χ2n) is 7.58. The summed E-state index contributed by atoms with van der Waals surface area (Å²) in [7, 11) is 1.24. The van der Waals surface area contributed by atoms with Crippen LogP contribution in [-0.4, -0.2) is 68.5 Å². The van der Waals surface area contributed by atoms with Gasteiger partial charge in [0.15, 0.2) is 0 Å². The van der Waals surface area contributed by atoms with Gasteiger partial charge in [-0.1, -0.05) is 38.8 Å². The standard InChI is InChI=1S/C18H37N2O6P/c1-6-8-10-11-17(21)16(19-18(22)12-9-7-2)15-26-27(23,24)25-14-13-20(3,4)5/h10-11,16-17,21H,6-9,12-15H2,1-5H3,(H-,19,22,23,24)/b11-10+. The maximum atomic E-state index is 12.0. The number of unbranched alkanes of at least 4 members (excludes halogenated alkanes) is 2. The molecule has 1 amide bonds. The maximum Gasteiger partial charge on any atom is 0.268 e. The van der Waals surface area contributed by atoms with Crippen LogP contribution in [0.2, 0.25) is 0 Å². The minimum atomic E-state index is -4.51. The number of carbonyl (C=O) groups excluding carboxylic acids is 1. The summed E-state index contributed by atoms with van der Waals surface area (Å²) in [5.74, 6) is -0.250. The Morgan fingerprint density at radius 1 is 1.26 bits per heavy atom. The van der Waals surface area contributed by atoms with Crippen LogP contribution in [-0.2, 0) is 18.4 Å². The van der Waals surface area contributed by atoms with E-state index in [2.05, 4.69) is 5.32 Å². The fourth-order valence-electron chi connectivity index (χ4n) is 2.01. The number of amides is 1. The third-order valence-corrected chi connectivity index (χ3v) is 4.69. The first-order chi connectivity index (χ1) is 12.5. The summed E-state index contributed by atoms with van der Waals surface area (Å²) in [6.07, 6.45) is 5.89. The van der Waals surface area contributed by atoms with Crippen molar-refractivity contribution in [2.45, 2.75) is 58.1 Å². The van der Waals surface area contributed by atoms with E-state index in [1.54, 1.807) is 12.2 Å². The van der Waals surface area contributed by atoms with Crippen LogP contribution in [0.3, 0.4) is 0 Å². The van der Waals surface area contributed by atoms with Crippen molar-refractivity contribution < 1.29 is 32.9 Å². The fourth-order valence-corrected chi connectivity index (χ4v) is 2.74. The van der Waals surface area contributed by atoms with Crippen molar-refractivity contribution >= 4 is 13.7 Å². The third kappa shape index (κ3) is 14.9. The smallest absolute Gasteiger partial charge is 0.268 e. The number of carbonyl (C=O) groups is 1. The molecule has 8 nitrogen and oxygen atoms in total. The van der Waals surface area contributed by atoms with E-state index in [4.69, 9.17) is 9.05 Å². The number of hydrogen-bond acceptors (Lipinski definition) is 6. The van der Waals surface area contributed by atoms with E-state index in [0.29, 0.717) is 17.4 Å². The monoisotopic (exact) mass is 408 g/mol. The van der Waals surface area contributed by atoms with E-state index in [1.807, 2.05) is 35.0 Å². The number of likely N-dealkylation sites (N-methyl/N-ethyl adjacent to an activating group) is 1. The SMILES string of the molecule is CCC/C=C/C(O)C(COP(=O)([O-])OCC[N+](C)(C)C)NC(=O)CCCC. The molecular formula is C18H37N2O6P. The Labute approximate surface area is 163 Å². The van der Waals surface area contributed by atoms with E-state index >= 15 is 0 Å². The Hall–Kier alpha value is -0.760. The molecule has 0 radical (unpaired) electrons. The van der Waals surface area contributed by atoms with E-state index in [0.717, 1.165) is 25.7 Å². The van der Waals surface area contributed by atoms with Gasteiger partial charge < -0.3 is 28.8 Å². The molecule has 0 rings (SSSR count). The van der Waals surface area contributed by atoms with Crippen molar-refractivity contribution in [3.05, 3.63) is 12.2 Å². The average Bonchev–Trinajstić information content (AvgIpc) is 2.55. The molecular weight excluding hydrogens is 371 g/mol. The number of quaternary nitrogens is 1. The quantitative estimate of drug-likeness (QED) is 0.242. The maximum absolute atomic E-state index is 12.0. The molecule has 0 heterocycles. The van der Waals surface area contributed by atoms with Gasteiger partial charge >= 0.3 is 0 Å². The van der Waals surface area contributed by atoms with Crippen LogP contribution < -0.4 is 10.2 Å². The molecule has 0 saturated carbocycles. The van der Waals surface area contributed by atoms with Crippen molar-refractivity contribution in [3.8, 4) is 0 Å². The van der Waals surface area contributed by atoms with Crippen LogP contribution in [0.4, 0.5) is 0 Å². The molecule has 0 aliphatic heterocycles. The van der Waals surface area contributed by atoms with Gasteiger partial charge in [-0.05, 0) is 12.8 Å². The summed E-state index contributed by atoms with van der Waals surface area (Å²) in [5.41, 5.74) is 0. The largest absolute Gasteiger partial charge is 0.756 e. The topological polar surface area (TPSA) is 108 Å². The summed E-state index contributed by atoms with van der Waals surface area (Å²) in [6.45, 7) is 4.08. The minimum Gasteiger partial charge on any atom is -0.756 e. The van der Waals surface area contributed by atoms with Gasteiger partial charge in [0.05, 0.1) is 39.9 Å². The van der Waals surface area contributed by atoms with E-state index in [9.17, 15) is 19.4 Å². The molecule has 0 fully saturated rings. The highest BCUT2D eigenvalue weighted by Crippen LogP contribution is 2.38. The molecule has 9 heteroatoms. The molecule has 0 saturated heterocycles. The molecule has 0 bridgehead atoms. The minimum absolute atomic E-state index is 0.00321. The molecule has 0 aliphatic rings. The van der Waals surface area contributed by atoms with Gasteiger partial charge in [-0.3, -0.25) is 9.36 Å². The van der Waals surface area contributed by atoms with Gasteiger partial charge in [0.25, 0.3) is 7.82 Å². The zero-order valence-corrected chi connectivity index (χ0v) is 18.2. The molecule has 2 N–H and O–H groups in total. The number of aliphatic hydroxyl groups is 1. The van der Waals surface area contributed by atoms with Crippen molar-refractivity contribution in [1.29, 1.82) is 0 Å². The first kappa shape index (κ1) is 26.2. The average molecular weight is 408 g/mol. The lowest BCUT2D eigenvalue weighted by Crippen LogP contribution is -2.45. The van der Waals surface area contributed by atoms with Gasteiger partial charge in [-0.25, -0.2) is 0 Å². The Balaban J connectivity index is 4.75. The molecule has 0 aromatic carbocycles. The van der Waals surface area contributed by atoms with Crippen LogP contribution in [0.1, 0.15) is 46.0 Å². The van der Waals surface area contributed by atoms with Crippen LogP contribution in [0.5, 0.6) is 0 Å². The summed E-state index contributed by atoms with van der Waals surface area (Å²) in [5, 5.41) is 12.9. The second kappa shape index (κ2) is 13.4. The Kier molecular flexibility index (Phi) is 13.0. The Bertz CT molecular complexity index is 493. The number of nitrogens with one attached hydrogen (secondary N) is 1. The number of hydrogen-bond donors (Lipinski definition) is 2. The highest BCUT2D eigenvalue weighted by Gasteiger charge is 2.22. The van der Waals surface area contributed by atoms with Crippen molar-refractivity contribution in [3.63, 3.8) is 0 Å². The molecule has 0 aromatic rings. The van der Waals surface area contributed by atoms with Gasteiger partial charge in [0.2, 0.25) is 5.91 Å². The predicted octanol–water partition coefficient (Wildman–Crippen LogP) is 1.59. The second-order valence-corrected chi connectivity index (χ2v) is 8.99. The van der Waals surface area contributed by atoms with Crippen molar-refractivity contribution in [1.82, 2.24) is 5.32 Å². The van der Waals surface area contributed by atoms with Gasteiger partial charge in [-0.15, -0.1) is 0 Å². The van der Waals surface area contributed by atoms with Crippen LogP contribution in [0.25, 0.3) is 0 Å². The summed E-state index contributed by atoms with van der Waals surface area (Å²) < 4.78 is 22.2. The van der Waals surface area contributed by atoms with E-state index in [1.165, 1.54) is 0 Å². The van der Waals surface area contributed by atoms with E-state index in [-0.39, 0.29) is 19.1 Å². The lowest BCUT2D eigenvalue weighted by molar-refractivity contribution is -0.870. The molecule has 0 spiro atoms. The van der Waals surface area contributed by atoms with Crippen LogP contribution >= 0.6 is 7.82 Å². The summed E-state index contributed by atoms with van der Waals surface area (Å²) >= 11 is 0. The number of phosphoric ester groups is 1.